The Morgan fingerprint density at radius 2 is 1.93 bits per heavy atom. The molecule has 3 heteroatoms. The second kappa shape index (κ2) is 3.01. The minimum atomic E-state index is -2.45. The molecule has 0 radical (unpaired) electrons. The van der Waals surface area contributed by atoms with Crippen LogP contribution in [0.4, 0.5) is 0 Å². The third kappa shape index (κ3) is 1.09. The van der Waals surface area contributed by atoms with Gasteiger partial charge in [0.05, 0.1) is 11.0 Å². The predicted octanol–water partition coefficient (Wildman–Crippen LogP) is 1.92. The molecule has 2 aromatic rings. The van der Waals surface area contributed by atoms with Gasteiger partial charge >= 0.3 is 5.69 Å². The lowest BCUT2D eigenvalue weighted by Crippen LogP contribution is -2.23. The molecular formula is C11H14N2O. The van der Waals surface area contributed by atoms with Gasteiger partial charge in [0.1, 0.15) is 0 Å². The van der Waals surface area contributed by atoms with Gasteiger partial charge in [-0.3, -0.25) is 9.13 Å². The summed E-state index contributed by atoms with van der Waals surface area (Å²) in [6.45, 7) is 1.27. The Bertz CT molecular complexity index is 607. The topological polar surface area (TPSA) is 26.9 Å². The number of aryl methyl sites for hydroxylation is 1. The van der Waals surface area contributed by atoms with Crippen LogP contribution in [0.2, 0.25) is 0 Å². The molecule has 74 valence electrons. The van der Waals surface area contributed by atoms with Crippen LogP contribution in [0.5, 0.6) is 0 Å². The third-order valence-corrected chi connectivity index (χ3v) is 2.30. The summed E-state index contributed by atoms with van der Waals surface area (Å²) in [4.78, 5) is 12.1. The van der Waals surface area contributed by atoms with Crippen LogP contribution in [0.1, 0.15) is 24.0 Å². The molecule has 0 aliphatic carbocycles. The summed E-state index contributed by atoms with van der Waals surface area (Å²) in [5, 5.41) is 0. The van der Waals surface area contributed by atoms with Crippen molar-refractivity contribution in [3.8, 4) is 0 Å². The number of hydrogen-bond donors (Lipinski definition) is 0. The Labute approximate surface area is 86.8 Å². The van der Waals surface area contributed by atoms with E-state index in [-0.39, 0.29) is 6.04 Å². The van der Waals surface area contributed by atoms with Crippen molar-refractivity contribution in [1.29, 1.82) is 0 Å². The molecule has 14 heavy (non-hydrogen) atoms. The van der Waals surface area contributed by atoms with Gasteiger partial charge in [0.15, 0.2) is 0 Å². The molecule has 2 rings (SSSR count). The van der Waals surface area contributed by atoms with Crippen LogP contribution in [0.15, 0.2) is 29.1 Å². The normalized spacial score (nSPS) is 15.5. The minimum absolute atomic E-state index is 0.0731. The molecule has 0 aliphatic rings. The lowest BCUT2D eigenvalue weighted by molar-refractivity contribution is 0.583. The van der Waals surface area contributed by atoms with Crippen molar-refractivity contribution >= 4 is 11.0 Å². The fourth-order valence-corrected chi connectivity index (χ4v) is 1.67. The van der Waals surface area contributed by atoms with Gasteiger partial charge in [0, 0.05) is 17.1 Å². The summed E-state index contributed by atoms with van der Waals surface area (Å²) in [6.07, 6.45) is 0. The highest BCUT2D eigenvalue weighted by atomic mass is 16.1. The van der Waals surface area contributed by atoms with Crippen LogP contribution in [0.25, 0.3) is 11.0 Å². The average molecular weight is 193 g/mol. The first-order valence-electron chi connectivity index (χ1n) is 6.06. The Morgan fingerprint density at radius 3 is 2.50 bits per heavy atom. The summed E-state index contributed by atoms with van der Waals surface area (Å²) in [6, 6.07) is 6.87. The van der Waals surface area contributed by atoms with Crippen molar-refractivity contribution in [2.75, 3.05) is 0 Å². The quantitative estimate of drug-likeness (QED) is 0.679. The molecular weight excluding hydrogens is 176 g/mol. The number of rotatable bonds is 1. The molecule has 0 amide bonds. The van der Waals surface area contributed by atoms with Crippen molar-refractivity contribution in [2.45, 2.75) is 19.9 Å². The van der Waals surface area contributed by atoms with E-state index in [1.54, 1.807) is 24.3 Å². The molecule has 1 aromatic heterocycles. The summed E-state index contributed by atoms with van der Waals surface area (Å²) in [5.41, 5.74) is 0.621. The van der Waals surface area contributed by atoms with E-state index in [0.29, 0.717) is 11.0 Å². The Balaban J connectivity index is 2.95. The van der Waals surface area contributed by atoms with Gasteiger partial charge in [-0.05, 0) is 26.0 Å². The molecule has 0 aliphatic heterocycles. The molecule has 0 saturated heterocycles. The zero-order valence-corrected chi connectivity index (χ0v) is 8.19. The summed E-state index contributed by atoms with van der Waals surface area (Å²) >= 11 is 0. The van der Waals surface area contributed by atoms with Crippen molar-refractivity contribution in [3.63, 3.8) is 0 Å². The maximum atomic E-state index is 12.1. The van der Waals surface area contributed by atoms with Crippen molar-refractivity contribution in [1.82, 2.24) is 9.13 Å². The molecule has 3 nitrogen and oxygen atoms in total. The van der Waals surface area contributed by atoms with Crippen molar-refractivity contribution in [3.05, 3.63) is 34.7 Å². The summed E-state index contributed by atoms with van der Waals surface area (Å²) < 4.78 is 24.7. The van der Waals surface area contributed by atoms with Crippen molar-refractivity contribution in [2.24, 2.45) is 6.98 Å². The number of imidazole rings is 1. The number of hydrogen-bond acceptors (Lipinski definition) is 1. The second-order valence-corrected chi connectivity index (χ2v) is 3.57. The van der Waals surface area contributed by atoms with Gasteiger partial charge in [-0.2, -0.15) is 0 Å². The van der Waals surface area contributed by atoms with E-state index in [2.05, 4.69) is 0 Å². The van der Waals surface area contributed by atoms with Crippen LogP contribution in [-0.4, -0.2) is 9.13 Å². The fraction of sp³-hybridized carbons (Fsp3) is 0.364. The first-order valence-corrected chi connectivity index (χ1v) is 4.56. The molecule has 0 saturated carbocycles. The Morgan fingerprint density at radius 1 is 1.29 bits per heavy atom. The number of para-hydroxylation sites is 2. The van der Waals surface area contributed by atoms with Crippen LogP contribution in [-0.2, 0) is 6.98 Å². The molecule has 0 unspecified atom stereocenters. The number of benzene rings is 1. The SMILES string of the molecule is [2H]C([2H])([2H])n1c(=O)n(C(C)C)c2ccccc21. The highest BCUT2D eigenvalue weighted by molar-refractivity contribution is 5.75. The van der Waals surface area contributed by atoms with Gasteiger partial charge in [-0.1, -0.05) is 12.1 Å². The van der Waals surface area contributed by atoms with E-state index >= 15 is 0 Å². The molecule has 0 fully saturated rings. The second-order valence-electron chi connectivity index (χ2n) is 3.57. The smallest absolute Gasteiger partial charge is 0.295 e. The van der Waals surface area contributed by atoms with E-state index in [9.17, 15) is 4.79 Å². The molecule has 0 bridgehead atoms. The van der Waals surface area contributed by atoms with E-state index in [4.69, 9.17) is 4.11 Å². The minimum Gasteiger partial charge on any atom is -0.295 e. The average Bonchev–Trinajstić information content (AvgIpc) is 2.48. The van der Waals surface area contributed by atoms with Gasteiger partial charge in [0.25, 0.3) is 0 Å². The largest absolute Gasteiger partial charge is 0.329 e. The van der Waals surface area contributed by atoms with Gasteiger partial charge < -0.3 is 0 Å². The highest BCUT2D eigenvalue weighted by Gasteiger charge is 2.11. The van der Waals surface area contributed by atoms with Crippen LogP contribution in [0.3, 0.4) is 0 Å². The standard InChI is InChI=1S/C11H14N2O/c1-8(2)13-10-7-5-4-6-9(10)12(3)11(13)14/h4-8H,1-3H3/i3D3. The van der Waals surface area contributed by atoms with E-state index in [1.165, 1.54) is 4.57 Å². The third-order valence-electron chi connectivity index (χ3n) is 2.30. The van der Waals surface area contributed by atoms with Crippen molar-refractivity contribution < 1.29 is 4.11 Å². The zero-order chi connectivity index (χ0) is 12.8. The number of aromatic nitrogens is 2. The zero-order valence-electron chi connectivity index (χ0n) is 11.2. The molecule has 0 spiro atoms. The van der Waals surface area contributed by atoms with Gasteiger partial charge in [0.2, 0.25) is 0 Å². The summed E-state index contributed by atoms with van der Waals surface area (Å²) in [7, 11) is 0. The van der Waals surface area contributed by atoms with E-state index in [0.717, 1.165) is 4.57 Å². The van der Waals surface area contributed by atoms with Crippen LogP contribution < -0.4 is 5.69 Å². The monoisotopic (exact) mass is 193 g/mol. The Hall–Kier alpha value is -1.51. The highest BCUT2D eigenvalue weighted by Crippen LogP contribution is 2.15. The Kier molecular flexibility index (Phi) is 1.30. The van der Waals surface area contributed by atoms with E-state index in [1.807, 2.05) is 13.8 Å². The van der Waals surface area contributed by atoms with E-state index < -0.39 is 12.7 Å². The van der Waals surface area contributed by atoms with Crippen LogP contribution in [0, 0.1) is 0 Å². The predicted molar refractivity (Wildman–Crippen MR) is 57.6 cm³/mol. The van der Waals surface area contributed by atoms with Crippen LogP contribution >= 0.6 is 0 Å². The molecule has 0 N–H and O–H groups in total. The number of nitrogens with zero attached hydrogens (tertiary/aromatic N) is 2. The molecule has 1 aromatic carbocycles. The summed E-state index contributed by atoms with van der Waals surface area (Å²) in [5.74, 6) is 0. The fourth-order valence-electron chi connectivity index (χ4n) is 1.67. The maximum Gasteiger partial charge on any atom is 0.329 e. The molecule has 0 atom stereocenters. The lowest BCUT2D eigenvalue weighted by atomic mass is 10.3. The molecule has 1 heterocycles. The first kappa shape index (κ1) is 6.06. The lowest BCUT2D eigenvalue weighted by Gasteiger charge is -2.05. The number of fused-ring (bicyclic) bond motifs is 1. The van der Waals surface area contributed by atoms with Gasteiger partial charge in [-0.15, -0.1) is 0 Å². The maximum absolute atomic E-state index is 12.1. The van der Waals surface area contributed by atoms with Gasteiger partial charge in [-0.25, -0.2) is 4.79 Å². The first-order chi connectivity index (χ1) is 7.84.